The van der Waals surface area contributed by atoms with Gasteiger partial charge in [-0.1, -0.05) is 11.6 Å². The van der Waals surface area contributed by atoms with Gasteiger partial charge in [0.25, 0.3) is 0 Å². The lowest BCUT2D eigenvalue weighted by Crippen LogP contribution is -2.12. The van der Waals surface area contributed by atoms with Crippen LogP contribution in [0.5, 0.6) is 0 Å². The molecule has 1 unspecified atom stereocenters. The molecule has 3 nitrogen and oxygen atoms in total. The minimum atomic E-state index is -0.187. The van der Waals surface area contributed by atoms with Gasteiger partial charge in [-0.25, -0.2) is 4.98 Å². The summed E-state index contributed by atoms with van der Waals surface area (Å²) in [5.74, 6) is 0.767. The Kier molecular flexibility index (Phi) is 3.31. The number of thiazole rings is 1. The zero-order valence-electron chi connectivity index (χ0n) is 10.4. The molecule has 5 heteroatoms. The Balaban J connectivity index is 1.86. The van der Waals surface area contributed by atoms with Crippen LogP contribution in [0.25, 0.3) is 11.0 Å². The van der Waals surface area contributed by atoms with Gasteiger partial charge in [0.05, 0.1) is 16.7 Å². The van der Waals surface area contributed by atoms with Crippen molar-refractivity contribution in [3.63, 3.8) is 0 Å². The Labute approximate surface area is 120 Å². The maximum absolute atomic E-state index is 6.18. The SMILES string of the molecule is Cc1nc(CC(N)c2cc3cc(Cl)ccc3o2)cs1. The average molecular weight is 293 g/mol. The largest absolute Gasteiger partial charge is 0.459 e. The second-order valence-corrected chi connectivity index (χ2v) is 6.00. The van der Waals surface area contributed by atoms with Crippen LogP contribution in [0.2, 0.25) is 5.02 Å². The highest BCUT2D eigenvalue weighted by Gasteiger charge is 2.14. The molecule has 0 spiro atoms. The molecule has 0 aliphatic heterocycles. The second-order valence-electron chi connectivity index (χ2n) is 4.50. The number of nitrogens with two attached hydrogens (primary N) is 1. The number of fused-ring (bicyclic) bond motifs is 1. The van der Waals surface area contributed by atoms with Crippen molar-refractivity contribution >= 4 is 33.9 Å². The monoisotopic (exact) mass is 292 g/mol. The number of hydrogen-bond donors (Lipinski definition) is 1. The highest BCUT2D eigenvalue weighted by atomic mass is 35.5. The summed E-state index contributed by atoms with van der Waals surface area (Å²) in [7, 11) is 0. The number of rotatable bonds is 3. The molecule has 0 fully saturated rings. The molecule has 0 aliphatic rings. The van der Waals surface area contributed by atoms with Gasteiger partial charge < -0.3 is 10.2 Å². The molecule has 1 aromatic carbocycles. The number of aryl methyl sites for hydroxylation is 1. The number of hydrogen-bond acceptors (Lipinski definition) is 4. The summed E-state index contributed by atoms with van der Waals surface area (Å²) < 4.78 is 5.76. The maximum Gasteiger partial charge on any atom is 0.134 e. The van der Waals surface area contributed by atoms with Crippen molar-refractivity contribution in [2.24, 2.45) is 5.73 Å². The van der Waals surface area contributed by atoms with E-state index in [0.29, 0.717) is 11.4 Å². The van der Waals surface area contributed by atoms with Gasteiger partial charge >= 0.3 is 0 Å². The highest BCUT2D eigenvalue weighted by Crippen LogP contribution is 2.27. The lowest BCUT2D eigenvalue weighted by Gasteiger charge is -2.05. The number of benzene rings is 1. The van der Waals surface area contributed by atoms with Crippen molar-refractivity contribution in [3.05, 3.63) is 51.1 Å². The van der Waals surface area contributed by atoms with Crippen molar-refractivity contribution in [3.8, 4) is 0 Å². The predicted molar refractivity (Wildman–Crippen MR) is 78.7 cm³/mol. The van der Waals surface area contributed by atoms with E-state index in [1.54, 1.807) is 11.3 Å². The van der Waals surface area contributed by atoms with Crippen LogP contribution in [0.1, 0.15) is 22.5 Å². The van der Waals surface area contributed by atoms with Gasteiger partial charge in [-0.05, 0) is 31.2 Å². The average Bonchev–Trinajstić information content (AvgIpc) is 2.95. The van der Waals surface area contributed by atoms with Gasteiger partial charge in [0.1, 0.15) is 11.3 Å². The van der Waals surface area contributed by atoms with Gasteiger partial charge in [0.15, 0.2) is 0 Å². The Hall–Kier alpha value is -1.36. The van der Waals surface area contributed by atoms with Gasteiger partial charge in [0, 0.05) is 22.2 Å². The molecule has 0 saturated heterocycles. The minimum Gasteiger partial charge on any atom is -0.459 e. The topological polar surface area (TPSA) is 52.0 Å². The first kappa shape index (κ1) is 12.7. The summed E-state index contributed by atoms with van der Waals surface area (Å²) in [6.45, 7) is 1.99. The quantitative estimate of drug-likeness (QED) is 0.791. The molecule has 0 bridgehead atoms. The maximum atomic E-state index is 6.18. The number of nitrogens with zero attached hydrogens (tertiary/aromatic N) is 1. The first-order valence-electron chi connectivity index (χ1n) is 5.97. The number of halogens is 1. The standard InChI is InChI=1S/C14H13ClN2OS/c1-8-17-11(7-19-8)6-12(16)14-5-9-4-10(15)2-3-13(9)18-14/h2-5,7,12H,6,16H2,1H3. The number of furan rings is 1. The zero-order chi connectivity index (χ0) is 13.4. The molecule has 0 aliphatic carbocycles. The Bertz CT molecular complexity index is 719. The third kappa shape index (κ3) is 2.66. The van der Waals surface area contributed by atoms with Crippen LogP contribution in [0.15, 0.2) is 34.1 Å². The van der Waals surface area contributed by atoms with Crippen molar-refractivity contribution < 1.29 is 4.42 Å². The van der Waals surface area contributed by atoms with Crippen molar-refractivity contribution in [2.45, 2.75) is 19.4 Å². The smallest absolute Gasteiger partial charge is 0.134 e. The second kappa shape index (κ2) is 4.96. The Morgan fingerprint density at radius 3 is 3.00 bits per heavy atom. The first-order valence-corrected chi connectivity index (χ1v) is 7.23. The van der Waals surface area contributed by atoms with E-state index in [1.165, 1.54) is 0 Å². The molecule has 2 heterocycles. The fraction of sp³-hybridized carbons (Fsp3) is 0.214. The molecular formula is C14H13ClN2OS. The van der Waals surface area contributed by atoms with Crippen LogP contribution >= 0.6 is 22.9 Å². The summed E-state index contributed by atoms with van der Waals surface area (Å²) in [5, 5.41) is 4.77. The molecule has 0 saturated carbocycles. The van der Waals surface area contributed by atoms with E-state index < -0.39 is 0 Å². The molecule has 19 heavy (non-hydrogen) atoms. The Morgan fingerprint density at radius 2 is 2.26 bits per heavy atom. The van der Waals surface area contributed by atoms with Crippen molar-refractivity contribution in [1.29, 1.82) is 0 Å². The summed E-state index contributed by atoms with van der Waals surface area (Å²) in [6.07, 6.45) is 0.678. The summed E-state index contributed by atoms with van der Waals surface area (Å²) in [5.41, 5.74) is 7.99. The van der Waals surface area contributed by atoms with Crippen molar-refractivity contribution in [2.75, 3.05) is 0 Å². The highest BCUT2D eigenvalue weighted by molar-refractivity contribution is 7.09. The van der Waals surface area contributed by atoms with E-state index in [0.717, 1.165) is 27.4 Å². The van der Waals surface area contributed by atoms with Crippen LogP contribution in [-0.4, -0.2) is 4.98 Å². The van der Waals surface area contributed by atoms with E-state index in [9.17, 15) is 0 Å². The third-order valence-corrected chi connectivity index (χ3v) is 4.02. The normalized spacial score (nSPS) is 13.0. The lowest BCUT2D eigenvalue weighted by atomic mass is 10.1. The van der Waals surface area contributed by atoms with Crippen LogP contribution in [-0.2, 0) is 6.42 Å². The molecule has 3 rings (SSSR count). The van der Waals surface area contributed by atoms with E-state index >= 15 is 0 Å². The van der Waals surface area contributed by atoms with Crippen LogP contribution in [0.4, 0.5) is 0 Å². The fourth-order valence-electron chi connectivity index (χ4n) is 2.05. The minimum absolute atomic E-state index is 0.187. The first-order chi connectivity index (χ1) is 9.11. The lowest BCUT2D eigenvalue weighted by molar-refractivity contribution is 0.492. The van der Waals surface area contributed by atoms with Crippen LogP contribution in [0, 0.1) is 6.92 Å². The summed E-state index contributed by atoms with van der Waals surface area (Å²) in [4.78, 5) is 4.42. The van der Waals surface area contributed by atoms with Gasteiger partial charge in [-0.3, -0.25) is 0 Å². The molecule has 2 N–H and O–H groups in total. The molecule has 3 aromatic rings. The van der Waals surface area contributed by atoms with Gasteiger partial charge in [-0.15, -0.1) is 11.3 Å². The summed E-state index contributed by atoms with van der Waals surface area (Å²) in [6, 6.07) is 7.31. The van der Waals surface area contributed by atoms with Crippen LogP contribution < -0.4 is 5.73 Å². The van der Waals surface area contributed by atoms with E-state index in [2.05, 4.69) is 4.98 Å². The molecule has 98 valence electrons. The van der Waals surface area contributed by atoms with E-state index in [4.69, 9.17) is 21.8 Å². The molecule has 2 aromatic heterocycles. The van der Waals surface area contributed by atoms with Crippen molar-refractivity contribution in [1.82, 2.24) is 4.98 Å². The zero-order valence-corrected chi connectivity index (χ0v) is 12.0. The fourth-order valence-corrected chi connectivity index (χ4v) is 2.85. The summed E-state index contributed by atoms with van der Waals surface area (Å²) >= 11 is 7.59. The predicted octanol–water partition coefficient (Wildman–Crippen LogP) is 4.09. The van der Waals surface area contributed by atoms with Crippen LogP contribution in [0.3, 0.4) is 0 Å². The van der Waals surface area contributed by atoms with Gasteiger partial charge in [-0.2, -0.15) is 0 Å². The Morgan fingerprint density at radius 1 is 1.42 bits per heavy atom. The van der Waals surface area contributed by atoms with E-state index in [1.807, 2.05) is 36.6 Å². The third-order valence-electron chi connectivity index (χ3n) is 2.96. The molecule has 1 atom stereocenters. The molecular weight excluding hydrogens is 280 g/mol. The molecule has 0 amide bonds. The van der Waals surface area contributed by atoms with Gasteiger partial charge in [0.2, 0.25) is 0 Å². The molecule has 0 radical (unpaired) electrons. The number of aromatic nitrogens is 1. The van der Waals surface area contributed by atoms with E-state index in [-0.39, 0.29) is 6.04 Å².